The molecule has 2 aromatic rings. The SMILES string of the molecule is Cc1cccc(N(C)c2ccc(C(N)=O)cc2N)c1. The number of nitrogens with zero attached hydrogens (tertiary/aromatic N) is 1. The molecule has 0 saturated heterocycles. The Labute approximate surface area is 112 Å². The van der Waals surface area contributed by atoms with Crippen molar-refractivity contribution in [3.63, 3.8) is 0 Å². The van der Waals surface area contributed by atoms with E-state index in [-0.39, 0.29) is 0 Å². The minimum absolute atomic E-state index is 0.416. The van der Waals surface area contributed by atoms with Gasteiger partial charge in [0.05, 0.1) is 11.4 Å². The summed E-state index contributed by atoms with van der Waals surface area (Å²) in [5, 5.41) is 0. The molecule has 0 aromatic heterocycles. The van der Waals surface area contributed by atoms with Crippen molar-refractivity contribution in [1.29, 1.82) is 0 Å². The molecule has 0 radical (unpaired) electrons. The van der Waals surface area contributed by atoms with Gasteiger partial charge in [-0.25, -0.2) is 0 Å². The van der Waals surface area contributed by atoms with E-state index < -0.39 is 5.91 Å². The Hall–Kier alpha value is -2.49. The highest BCUT2D eigenvalue weighted by molar-refractivity contribution is 5.95. The lowest BCUT2D eigenvalue weighted by Crippen LogP contribution is -2.14. The molecule has 0 bridgehead atoms. The molecule has 4 nitrogen and oxygen atoms in total. The van der Waals surface area contributed by atoms with E-state index in [0.717, 1.165) is 11.4 Å². The summed E-state index contributed by atoms with van der Waals surface area (Å²) in [6, 6.07) is 13.2. The Morgan fingerprint density at radius 2 is 1.89 bits per heavy atom. The van der Waals surface area contributed by atoms with Crippen molar-refractivity contribution in [1.82, 2.24) is 0 Å². The van der Waals surface area contributed by atoms with Gasteiger partial charge in [0.25, 0.3) is 0 Å². The minimum atomic E-state index is -0.476. The largest absolute Gasteiger partial charge is 0.397 e. The van der Waals surface area contributed by atoms with Crippen LogP contribution in [0.3, 0.4) is 0 Å². The average Bonchev–Trinajstić information content (AvgIpc) is 2.37. The van der Waals surface area contributed by atoms with Crippen LogP contribution < -0.4 is 16.4 Å². The number of primary amides is 1. The lowest BCUT2D eigenvalue weighted by molar-refractivity contribution is 0.100. The fourth-order valence-corrected chi connectivity index (χ4v) is 1.99. The van der Waals surface area contributed by atoms with E-state index in [0.29, 0.717) is 11.3 Å². The van der Waals surface area contributed by atoms with Gasteiger partial charge < -0.3 is 16.4 Å². The first kappa shape index (κ1) is 13.0. The Morgan fingerprint density at radius 3 is 2.47 bits per heavy atom. The molecule has 0 fully saturated rings. The van der Waals surface area contributed by atoms with Crippen LogP contribution in [-0.4, -0.2) is 13.0 Å². The van der Waals surface area contributed by atoms with Crippen molar-refractivity contribution in [2.45, 2.75) is 6.92 Å². The molecule has 98 valence electrons. The summed E-state index contributed by atoms with van der Waals surface area (Å²) in [6.07, 6.45) is 0. The number of benzene rings is 2. The number of anilines is 3. The van der Waals surface area contributed by atoms with Gasteiger partial charge in [-0.05, 0) is 42.8 Å². The number of carbonyl (C=O) groups is 1. The van der Waals surface area contributed by atoms with E-state index >= 15 is 0 Å². The van der Waals surface area contributed by atoms with Gasteiger partial charge in [-0.15, -0.1) is 0 Å². The number of rotatable bonds is 3. The number of nitrogens with two attached hydrogens (primary N) is 2. The quantitative estimate of drug-likeness (QED) is 0.827. The smallest absolute Gasteiger partial charge is 0.248 e. The van der Waals surface area contributed by atoms with Crippen molar-refractivity contribution < 1.29 is 4.79 Å². The summed E-state index contributed by atoms with van der Waals surface area (Å²) in [5.74, 6) is -0.476. The first-order valence-corrected chi connectivity index (χ1v) is 5.99. The summed E-state index contributed by atoms with van der Waals surface area (Å²) in [5.41, 5.74) is 15.2. The van der Waals surface area contributed by atoms with E-state index in [9.17, 15) is 4.79 Å². The molecule has 0 atom stereocenters. The van der Waals surface area contributed by atoms with Crippen molar-refractivity contribution in [2.75, 3.05) is 17.7 Å². The Balaban J connectivity index is 2.39. The van der Waals surface area contributed by atoms with Gasteiger partial charge in [-0.3, -0.25) is 4.79 Å². The van der Waals surface area contributed by atoms with Crippen LogP contribution in [0.2, 0.25) is 0 Å². The number of aryl methyl sites for hydroxylation is 1. The van der Waals surface area contributed by atoms with Crippen molar-refractivity contribution in [3.8, 4) is 0 Å². The van der Waals surface area contributed by atoms with E-state index in [4.69, 9.17) is 11.5 Å². The molecule has 2 aromatic carbocycles. The number of carbonyl (C=O) groups excluding carboxylic acids is 1. The highest BCUT2D eigenvalue weighted by Crippen LogP contribution is 2.29. The standard InChI is InChI=1S/C15H17N3O/c1-10-4-3-5-12(8-10)18(2)14-7-6-11(15(17)19)9-13(14)16/h3-9H,16H2,1-2H3,(H2,17,19). The maximum atomic E-state index is 11.1. The number of hydrogen-bond donors (Lipinski definition) is 2. The molecule has 0 aliphatic rings. The van der Waals surface area contributed by atoms with Crippen molar-refractivity contribution >= 4 is 23.0 Å². The predicted molar refractivity (Wildman–Crippen MR) is 78.6 cm³/mol. The van der Waals surface area contributed by atoms with Crippen molar-refractivity contribution in [2.24, 2.45) is 5.73 Å². The van der Waals surface area contributed by atoms with Gasteiger partial charge >= 0.3 is 0 Å². The summed E-state index contributed by atoms with van der Waals surface area (Å²) in [4.78, 5) is 13.1. The lowest BCUT2D eigenvalue weighted by Gasteiger charge is -2.22. The molecule has 4 N–H and O–H groups in total. The molecule has 0 aliphatic carbocycles. The van der Waals surface area contributed by atoms with Crippen LogP contribution in [0.4, 0.5) is 17.1 Å². The van der Waals surface area contributed by atoms with Crippen LogP contribution >= 0.6 is 0 Å². The second-order valence-electron chi connectivity index (χ2n) is 4.54. The normalized spacial score (nSPS) is 10.2. The van der Waals surface area contributed by atoms with Crippen LogP contribution in [0.1, 0.15) is 15.9 Å². The minimum Gasteiger partial charge on any atom is -0.397 e. The molecule has 1 amide bonds. The average molecular weight is 255 g/mol. The molecule has 0 unspecified atom stereocenters. The Morgan fingerprint density at radius 1 is 1.16 bits per heavy atom. The van der Waals surface area contributed by atoms with Crippen molar-refractivity contribution in [3.05, 3.63) is 53.6 Å². The van der Waals surface area contributed by atoms with Crippen LogP contribution in [0.5, 0.6) is 0 Å². The first-order valence-electron chi connectivity index (χ1n) is 5.99. The molecule has 4 heteroatoms. The van der Waals surface area contributed by atoms with Crippen LogP contribution in [-0.2, 0) is 0 Å². The third-order valence-electron chi connectivity index (χ3n) is 3.06. The number of amides is 1. The van der Waals surface area contributed by atoms with Crippen LogP contribution in [0.25, 0.3) is 0 Å². The second-order valence-corrected chi connectivity index (χ2v) is 4.54. The molecule has 19 heavy (non-hydrogen) atoms. The highest BCUT2D eigenvalue weighted by Gasteiger charge is 2.10. The predicted octanol–water partition coefficient (Wildman–Crippen LogP) is 2.44. The van der Waals surface area contributed by atoms with Gasteiger partial charge in [-0.1, -0.05) is 12.1 Å². The van der Waals surface area contributed by atoms with Crippen LogP contribution in [0.15, 0.2) is 42.5 Å². The molecule has 0 heterocycles. The fourth-order valence-electron chi connectivity index (χ4n) is 1.99. The topological polar surface area (TPSA) is 72.3 Å². The Kier molecular flexibility index (Phi) is 3.42. The van der Waals surface area contributed by atoms with Gasteiger partial charge in [0.15, 0.2) is 0 Å². The molecular weight excluding hydrogens is 238 g/mol. The monoisotopic (exact) mass is 255 g/mol. The van der Waals surface area contributed by atoms with Crippen LogP contribution in [0, 0.1) is 6.92 Å². The zero-order chi connectivity index (χ0) is 14.0. The molecule has 0 saturated carbocycles. The third kappa shape index (κ3) is 2.68. The van der Waals surface area contributed by atoms with Gasteiger partial charge in [0, 0.05) is 18.3 Å². The highest BCUT2D eigenvalue weighted by atomic mass is 16.1. The second kappa shape index (κ2) is 5.02. The zero-order valence-corrected chi connectivity index (χ0v) is 11.1. The summed E-state index contributed by atoms with van der Waals surface area (Å²) in [7, 11) is 1.93. The molecular formula is C15H17N3O. The summed E-state index contributed by atoms with van der Waals surface area (Å²) >= 11 is 0. The first-order chi connectivity index (χ1) is 8.99. The van der Waals surface area contributed by atoms with E-state index in [1.54, 1.807) is 18.2 Å². The fraction of sp³-hybridized carbons (Fsp3) is 0.133. The zero-order valence-electron chi connectivity index (χ0n) is 11.1. The van der Waals surface area contributed by atoms with E-state index in [2.05, 4.69) is 6.07 Å². The molecule has 0 aliphatic heterocycles. The lowest BCUT2D eigenvalue weighted by atomic mass is 10.1. The number of hydrogen-bond acceptors (Lipinski definition) is 3. The maximum Gasteiger partial charge on any atom is 0.248 e. The van der Waals surface area contributed by atoms with Gasteiger partial charge in [0.2, 0.25) is 5.91 Å². The Bertz CT molecular complexity index is 623. The third-order valence-corrected chi connectivity index (χ3v) is 3.06. The maximum absolute atomic E-state index is 11.1. The molecule has 2 rings (SSSR count). The summed E-state index contributed by atoms with van der Waals surface area (Å²) < 4.78 is 0. The van der Waals surface area contributed by atoms with E-state index in [1.807, 2.05) is 37.1 Å². The van der Waals surface area contributed by atoms with Gasteiger partial charge in [0.1, 0.15) is 0 Å². The van der Waals surface area contributed by atoms with Gasteiger partial charge in [-0.2, -0.15) is 0 Å². The van der Waals surface area contributed by atoms with E-state index in [1.165, 1.54) is 5.56 Å². The molecule has 0 spiro atoms. The number of nitrogen functional groups attached to an aromatic ring is 1. The summed E-state index contributed by atoms with van der Waals surface area (Å²) in [6.45, 7) is 2.04.